The van der Waals surface area contributed by atoms with Crippen molar-refractivity contribution in [2.45, 2.75) is 56.5 Å². The Kier molecular flexibility index (Phi) is 5.71. The molecule has 0 bridgehead atoms. The number of nitrogens with one attached hydrogen (secondary N) is 2. The van der Waals surface area contributed by atoms with Gasteiger partial charge in [0.25, 0.3) is 0 Å². The highest BCUT2D eigenvalue weighted by Gasteiger charge is 2.36. The minimum atomic E-state index is 0.0797. The lowest BCUT2D eigenvalue weighted by Crippen LogP contribution is -2.50. The van der Waals surface area contributed by atoms with Gasteiger partial charge in [0.05, 0.1) is 34.6 Å². The van der Waals surface area contributed by atoms with Gasteiger partial charge in [-0.25, -0.2) is 4.98 Å². The van der Waals surface area contributed by atoms with Crippen LogP contribution in [0.4, 0.5) is 17.5 Å². The van der Waals surface area contributed by atoms with Gasteiger partial charge >= 0.3 is 0 Å². The van der Waals surface area contributed by atoms with E-state index < -0.39 is 0 Å². The van der Waals surface area contributed by atoms with Crippen LogP contribution >= 0.6 is 11.6 Å². The highest BCUT2D eigenvalue weighted by Crippen LogP contribution is 2.39. The predicted molar refractivity (Wildman–Crippen MR) is 133 cm³/mol. The van der Waals surface area contributed by atoms with Gasteiger partial charge in [0.15, 0.2) is 17.2 Å². The molecule has 1 aliphatic heterocycles. The Bertz CT molecular complexity index is 1440. The highest BCUT2D eigenvalue weighted by atomic mass is 35.5. The average molecular weight is 502 g/mol. The average Bonchev–Trinajstić information content (AvgIpc) is 3.60. The quantitative estimate of drug-likeness (QED) is 0.517. The number of halogens is 1. The zero-order chi connectivity index (χ0) is 24.8. The van der Waals surface area contributed by atoms with Gasteiger partial charge in [0, 0.05) is 12.5 Å². The molecule has 3 fully saturated rings. The van der Waals surface area contributed by atoms with Crippen LogP contribution in [0.25, 0.3) is 5.65 Å². The third-order valence-corrected chi connectivity index (χ3v) is 7.74. The number of Topliss-reactive ketones (excluding diaryl/α,β-unsaturated/α-hetero) is 1. The third kappa shape index (κ3) is 4.13. The maximum atomic E-state index is 11.9. The molecule has 0 radical (unpaired) electrons. The van der Waals surface area contributed by atoms with E-state index in [1.54, 1.807) is 6.07 Å². The van der Waals surface area contributed by atoms with E-state index in [9.17, 15) is 15.3 Å². The Morgan fingerprint density at radius 2 is 1.89 bits per heavy atom. The van der Waals surface area contributed by atoms with Crippen molar-refractivity contribution in [3.8, 4) is 12.1 Å². The number of imidazole rings is 1. The van der Waals surface area contributed by atoms with Crippen molar-refractivity contribution in [2.75, 3.05) is 23.7 Å². The molecule has 182 valence electrons. The molecule has 2 aliphatic carbocycles. The predicted octanol–water partition coefficient (Wildman–Crippen LogP) is 3.75. The number of rotatable bonds is 6. The minimum absolute atomic E-state index is 0.0797. The number of carbonyl (C=O) groups is 1. The van der Waals surface area contributed by atoms with Crippen LogP contribution in [0.15, 0.2) is 18.3 Å². The summed E-state index contributed by atoms with van der Waals surface area (Å²) in [5.74, 6) is 1.32. The summed E-state index contributed by atoms with van der Waals surface area (Å²) in [5, 5.41) is 30.7. The lowest BCUT2D eigenvalue weighted by atomic mass is 9.84. The van der Waals surface area contributed by atoms with Gasteiger partial charge in [-0.3, -0.25) is 9.69 Å². The lowest BCUT2D eigenvalue weighted by Gasteiger charge is -2.40. The van der Waals surface area contributed by atoms with Crippen LogP contribution in [-0.4, -0.2) is 55.4 Å². The maximum Gasteiger partial charge on any atom is 0.247 e. The summed E-state index contributed by atoms with van der Waals surface area (Å²) in [5.41, 5.74) is 2.72. The molecular formula is C25H24ClN9O. The molecule has 1 saturated heterocycles. The number of hydrogen-bond acceptors (Lipinski definition) is 9. The molecule has 2 saturated carbocycles. The van der Waals surface area contributed by atoms with E-state index in [0.717, 1.165) is 50.8 Å². The van der Waals surface area contributed by atoms with E-state index in [2.05, 4.69) is 42.7 Å². The summed E-state index contributed by atoms with van der Waals surface area (Å²) < 4.78 is 1.46. The fourth-order valence-corrected chi connectivity index (χ4v) is 5.36. The fraction of sp³-hybridized carbons (Fsp3) is 0.440. The number of fused-ring (bicyclic) bond motifs is 1. The Morgan fingerprint density at radius 3 is 2.53 bits per heavy atom. The van der Waals surface area contributed by atoms with Crippen molar-refractivity contribution >= 4 is 40.5 Å². The first-order valence-corrected chi connectivity index (χ1v) is 12.6. The van der Waals surface area contributed by atoms with Gasteiger partial charge < -0.3 is 10.6 Å². The molecule has 0 spiro atoms. The molecular weight excluding hydrogens is 478 g/mol. The summed E-state index contributed by atoms with van der Waals surface area (Å²) in [6, 6.07) is 8.29. The Hall–Kier alpha value is -3.73. The standard InChI is InChI=1S/C25H24ClN9O/c26-22-18(15-5-7-34(8-6-15)20-3-4-21(20)36)9-14(11-27)10-19(22)31-25-32-23(30-16-1-2-16)24-29-13-17(12-28)35(24)33-25/h9-10,13,15-16,20H,1-8H2,(H2,30,31,32,33). The van der Waals surface area contributed by atoms with Crippen LogP contribution in [0, 0.1) is 22.7 Å². The Morgan fingerprint density at radius 1 is 1.08 bits per heavy atom. The van der Waals surface area contributed by atoms with Crippen molar-refractivity contribution < 1.29 is 4.79 Å². The number of nitriles is 2. The second kappa shape index (κ2) is 9.05. The first-order valence-electron chi connectivity index (χ1n) is 12.2. The number of benzene rings is 1. The zero-order valence-electron chi connectivity index (χ0n) is 19.5. The number of aromatic nitrogens is 4. The van der Waals surface area contributed by atoms with Crippen LogP contribution in [0.1, 0.15) is 61.3 Å². The molecule has 0 amide bonds. The van der Waals surface area contributed by atoms with Gasteiger partial charge in [-0.15, -0.1) is 5.10 Å². The maximum absolute atomic E-state index is 11.9. The molecule has 1 atom stereocenters. The summed E-state index contributed by atoms with van der Waals surface area (Å²) in [4.78, 5) is 23.1. The largest absolute Gasteiger partial charge is 0.364 e. The number of likely N-dealkylation sites (tertiary alicyclic amines) is 1. The van der Waals surface area contributed by atoms with Crippen LogP contribution in [-0.2, 0) is 4.79 Å². The number of anilines is 3. The zero-order valence-corrected chi connectivity index (χ0v) is 20.3. The van der Waals surface area contributed by atoms with E-state index in [1.165, 1.54) is 10.7 Å². The van der Waals surface area contributed by atoms with Crippen LogP contribution < -0.4 is 10.6 Å². The normalized spacial score (nSPS) is 20.5. The first kappa shape index (κ1) is 22.7. The summed E-state index contributed by atoms with van der Waals surface area (Å²) in [7, 11) is 0. The van der Waals surface area contributed by atoms with Crippen molar-refractivity contribution in [2.24, 2.45) is 0 Å². The molecule has 3 aromatic rings. The number of nitrogens with zero attached hydrogens (tertiary/aromatic N) is 7. The fourth-order valence-electron chi connectivity index (χ4n) is 5.05. The van der Waals surface area contributed by atoms with Crippen molar-refractivity contribution in [3.63, 3.8) is 0 Å². The molecule has 10 nitrogen and oxygen atoms in total. The van der Waals surface area contributed by atoms with Crippen molar-refractivity contribution in [3.05, 3.63) is 40.2 Å². The van der Waals surface area contributed by atoms with Crippen molar-refractivity contribution in [1.29, 1.82) is 10.5 Å². The molecule has 11 heteroatoms. The summed E-state index contributed by atoms with van der Waals surface area (Å²) >= 11 is 6.89. The van der Waals surface area contributed by atoms with Gasteiger partial charge in [0.1, 0.15) is 11.9 Å². The van der Waals surface area contributed by atoms with Gasteiger partial charge in [0.2, 0.25) is 5.95 Å². The van der Waals surface area contributed by atoms with Gasteiger partial charge in [-0.2, -0.15) is 20.0 Å². The molecule has 2 aromatic heterocycles. The lowest BCUT2D eigenvalue weighted by molar-refractivity contribution is -0.131. The first-order chi connectivity index (χ1) is 17.5. The van der Waals surface area contributed by atoms with Crippen LogP contribution in [0.5, 0.6) is 0 Å². The van der Waals surface area contributed by atoms with Crippen molar-refractivity contribution in [1.82, 2.24) is 24.5 Å². The number of ketones is 1. The Labute approximate surface area is 212 Å². The second-order valence-electron chi connectivity index (χ2n) is 9.69. The molecule has 1 unspecified atom stereocenters. The highest BCUT2D eigenvalue weighted by molar-refractivity contribution is 6.34. The monoisotopic (exact) mass is 501 g/mol. The molecule has 3 heterocycles. The topological polar surface area (TPSA) is 135 Å². The smallest absolute Gasteiger partial charge is 0.247 e. The van der Waals surface area contributed by atoms with Crippen LogP contribution in [0.2, 0.25) is 5.02 Å². The van der Waals surface area contributed by atoms with E-state index >= 15 is 0 Å². The van der Waals surface area contributed by atoms with E-state index in [4.69, 9.17) is 11.6 Å². The number of hydrogen-bond donors (Lipinski definition) is 2. The van der Waals surface area contributed by atoms with Gasteiger partial charge in [-0.05, 0) is 68.8 Å². The minimum Gasteiger partial charge on any atom is -0.364 e. The number of carbonyl (C=O) groups excluding carboxylic acids is 1. The molecule has 1 aromatic carbocycles. The third-order valence-electron chi connectivity index (χ3n) is 7.32. The molecule has 2 N–H and O–H groups in total. The van der Waals surface area contributed by atoms with Crippen LogP contribution in [0.3, 0.4) is 0 Å². The molecule has 6 rings (SSSR count). The number of piperidine rings is 1. The van der Waals surface area contributed by atoms with E-state index in [1.807, 2.05) is 6.07 Å². The van der Waals surface area contributed by atoms with Gasteiger partial charge in [-0.1, -0.05) is 11.6 Å². The van der Waals surface area contributed by atoms with E-state index in [0.29, 0.717) is 51.7 Å². The van der Waals surface area contributed by atoms with E-state index in [-0.39, 0.29) is 17.9 Å². The Balaban J connectivity index is 1.30. The SMILES string of the molecule is N#Cc1cc(Nc2nc(NC3CC3)c3ncc(C#N)n3n2)c(Cl)c(C2CCN(C3CCC3=O)CC2)c1. The summed E-state index contributed by atoms with van der Waals surface area (Å²) in [6.45, 7) is 1.68. The second-order valence-corrected chi connectivity index (χ2v) is 10.1. The molecule has 3 aliphatic rings. The summed E-state index contributed by atoms with van der Waals surface area (Å²) in [6.07, 6.45) is 6.96. The molecule has 36 heavy (non-hydrogen) atoms.